The van der Waals surface area contributed by atoms with E-state index in [-0.39, 0.29) is 11.7 Å². The first-order valence-electron chi connectivity index (χ1n) is 11.6. The molecule has 6 nitrogen and oxygen atoms in total. The highest BCUT2D eigenvalue weighted by atomic mass is 35.5. The summed E-state index contributed by atoms with van der Waals surface area (Å²) in [6.45, 7) is 2.16. The van der Waals surface area contributed by atoms with Crippen molar-refractivity contribution >= 4 is 28.2 Å². The lowest BCUT2D eigenvalue weighted by Crippen LogP contribution is -2.24. The lowest BCUT2D eigenvalue weighted by Gasteiger charge is -2.14. The van der Waals surface area contributed by atoms with Gasteiger partial charge in [0.15, 0.2) is 6.10 Å². The minimum absolute atomic E-state index is 0.0821. The Morgan fingerprint density at radius 2 is 1.94 bits per heavy atom. The van der Waals surface area contributed by atoms with E-state index in [9.17, 15) is 4.79 Å². The number of aromatic nitrogens is 3. The SMILES string of the molecule is CCCCCc1nc2cc(C3=NOC(c4ccccn4)C3)ccc2c(=O)n1-c1ccc(Cl)cc1. The van der Waals surface area contributed by atoms with Crippen LogP contribution in [0, 0.1) is 0 Å². The van der Waals surface area contributed by atoms with E-state index in [2.05, 4.69) is 17.1 Å². The van der Waals surface area contributed by atoms with Crippen LogP contribution in [0.3, 0.4) is 0 Å². The first-order chi connectivity index (χ1) is 16.6. The number of nitrogens with zero attached hydrogens (tertiary/aromatic N) is 4. The molecule has 0 aliphatic carbocycles. The van der Waals surface area contributed by atoms with Gasteiger partial charge in [-0.3, -0.25) is 14.3 Å². The third kappa shape index (κ3) is 4.46. The van der Waals surface area contributed by atoms with Crippen molar-refractivity contribution in [3.05, 3.63) is 99.3 Å². The van der Waals surface area contributed by atoms with Gasteiger partial charge in [0.05, 0.1) is 28.0 Å². The number of pyridine rings is 1. The standard InChI is InChI=1S/C27H25ClN4O2/c1-2-3-4-8-26-30-24-16-18(23-17-25(34-31-23)22-7-5-6-15-29-22)9-14-21(24)27(33)32(26)20-12-10-19(28)11-13-20/h5-7,9-16,25H,2-4,8,17H2,1H3. The molecule has 0 saturated heterocycles. The zero-order valence-corrected chi connectivity index (χ0v) is 19.7. The number of unbranched alkanes of at least 4 members (excludes halogenated alkanes) is 2. The average molecular weight is 473 g/mol. The van der Waals surface area contributed by atoms with E-state index >= 15 is 0 Å². The summed E-state index contributed by atoms with van der Waals surface area (Å²) in [6, 6.07) is 18.7. The van der Waals surface area contributed by atoms with Crippen LogP contribution in [0.25, 0.3) is 16.6 Å². The van der Waals surface area contributed by atoms with E-state index in [0.29, 0.717) is 22.3 Å². The van der Waals surface area contributed by atoms with Gasteiger partial charge in [-0.25, -0.2) is 4.98 Å². The number of rotatable bonds is 7. The first kappa shape index (κ1) is 22.3. The van der Waals surface area contributed by atoms with Crippen LogP contribution in [-0.4, -0.2) is 20.2 Å². The molecule has 7 heteroatoms. The Labute approximate surface area is 202 Å². The lowest BCUT2D eigenvalue weighted by atomic mass is 10.0. The van der Waals surface area contributed by atoms with Gasteiger partial charge in [0.25, 0.3) is 5.56 Å². The van der Waals surface area contributed by atoms with Gasteiger partial charge >= 0.3 is 0 Å². The molecule has 2 aromatic heterocycles. The monoisotopic (exact) mass is 472 g/mol. The van der Waals surface area contributed by atoms with Crippen LogP contribution in [-0.2, 0) is 11.3 Å². The van der Waals surface area contributed by atoms with Crippen molar-refractivity contribution in [1.29, 1.82) is 0 Å². The Hall–Kier alpha value is -3.51. The summed E-state index contributed by atoms with van der Waals surface area (Å²) in [5, 5.41) is 5.50. The Bertz CT molecular complexity index is 1400. The van der Waals surface area contributed by atoms with Gasteiger partial charge in [-0.1, -0.05) is 48.7 Å². The van der Waals surface area contributed by atoms with Crippen molar-refractivity contribution in [2.45, 2.75) is 45.1 Å². The molecule has 34 heavy (non-hydrogen) atoms. The fraction of sp³-hybridized carbons (Fsp3) is 0.259. The van der Waals surface area contributed by atoms with Crippen molar-refractivity contribution in [3.63, 3.8) is 0 Å². The number of fused-ring (bicyclic) bond motifs is 1. The van der Waals surface area contributed by atoms with E-state index in [1.165, 1.54) is 0 Å². The van der Waals surface area contributed by atoms with Gasteiger partial charge < -0.3 is 4.84 Å². The van der Waals surface area contributed by atoms with Crippen molar-refractivity contribution in [2.75, 3.05) is 0 Å². The molecule has 1 aliphatic heterocycles. The molecule has 0 bridgehead atoms. The third-order valence-electron chi connectivity index (χ3n) is 6.05. The number of hydrogen-bond acceptors (Lipinski definition) is 5. The van der Waals surface area contributed by atoms with Crippen LogP contribution in [0.2, 0.25) is 5.02 Å². The van der Waals surface area contributed by atoms with Crippen LogP contribution < -0.4 is 5.56 Å². The lowest BCUT2D eigenvalue weighted by molar-refractivity contribution is 0.0826. The number of aryl methyl sites for hydroxylation is 1. The second-order valence-electron chi connectivity index (χ2n) is 8.42. The molecule has 0 spiro atoms. The van der Waals surface area contributed by atoms with Gasteiger partial charge in [0, 0.05) is 29.6 Å². The Morgan fingerprint density at radius 3 is 2.71 bits per heavy atom. The predicted molar refractivity (Wildman–Crippen MR) is 135 cm³/mol. The summed E-state index contributed by atoms with van der Waals surface area (Å²) in [4.78, 5) is 28.5. The van der Waals surface area contributed by atoms with Crippen LogP contribution >= 0.6 is 11.6 Å². The highest BCUT2D eigenvalue weighted by Crippen LogP contribution is 2.29. The van der Waals surface area contributed by atoms with Crippen molar-refractivity contribution < 1.29 is 4.84 Å². The smallest absolute Gasteiger partial charge is 0.265 e. The quantitative estimate of drug-likeness (QED) is 0.308. The maximum atomic E-state index is 13.6. The van der Waals surface area contributed by atoms with Gasteiger partial charge in [0.1, 0.15) is 5.82 Å². The molecule has 1 aliphatic rings. The summed E-state index contributed by atoms with van der Waals surface area (Å²) < 4.78 is 1.71. The van der Waals surface area contributed by atoms with Gasteiger partial charge in [-0.15, -0.1) is 0 Å². The van der Waals surface area contributed by atoms with E-state index in [4.69, 9.17) is 21.4 Å². The molecule has 1 unspecified atom stereocenters. The molecule has 4 aromatic rings. The number of hydrogen-bond donors (Lipinski definition) is 0. The molecular formula is C27H25ClN4O2. The molecular weight excluding hydrogens is 448 g/mol. The molecule has 2 aromatic carbocycles. The first-order valence-corrected chi connectivity index (χ1v) is 12.0. The fourth-order valence-corrected chi connectivity index (χ4v) is 4.37. The topological polar surface area (TPSA) is 69.4 Å². The largest absolute Gasteiger partial charge is 0.385 e. The van der Waals surface area contributed by atoms with Gasteiger partial charge in [-0.05, 0) is 55.0 Å². The van der Waals surface area contributed by atoms with Crippen LogP contribution in [0.4, 0.5) is 0 Å². The van der Waals surface area contributed by atoms with E-state index < -0.39 is 0 Å². The van der Waals surface area contributed by atoms with Crippen LogP contribution in [0.1, 0.15) is 55.8 Å². The highest BCUT2D eigenvalue weighted by molar-refractivity contribution is 6.30. The minimum atomic E-state index is -0.206. The molecule has 0 radical (unpaired) electrons. The number of benzene rings is 2. The number of oxime groups is 1. The average Bonchev–Trinajstić information content (AvgIpc) is 3.36. The fourth-order valence-electron chi connectivity index (χ4n) is 4.24. The van der Waals surface area contributed by atoms with Crippen molar-refractivity contribution in [2.24, 2.45) is 5.16 Å². The molecule has 0 fully saturated rings. The third-order valence-corrected chi connectivity index (χ3v) is 6.30. The second kappa shape index (κ2) is 9.77. The number of halogens is 1. The van der Waals surface area contributed by atoms with E-state index in [0.717, 1.165) is 54.2 Å². The summed E-state index contributed by atoms with van der Waals surface area (Å²) in [5.74, 6) is 0.751. The zero-order valence-electron chi connectivity index (χ0n) is 18.9. The van der Waals surface area contributed by atoms with Gasteiger partial charge in [-0.2, -0.15) is 0 Å². The molecule has 1 atom stereocenters. The maximum absolute atomic E-state index is 13.6. The summed E-state index contributed by atoms with van der Waals surface area (Å²) in [5.41, 5.74) is 3.94. The minimum Gasteiger partial charge on any atom is -0.385 e. The highest BCUT2D eigenvalue weighted by Gasteiger charge is 2.25. The van der Waals surface area contributed by atoms with Crippen LogP contribution in [0.15, 0.2) is 76.8 Å². The van der Waals surface area contributed by atoms with E-state index in [1.54, 1.807) is 22.9 Å². The Morgan fingerprint density at radius 1 is 1.09 bits per heavy atom. The maximum Gasteiger partial charge on any atom is 0.265 e. The Kier molecular flexibility index (Phi) is 6.41. The molecule has 0 N–H and O–H groups in total. The molecule has 5 rings (SSSR count). The summed E-state index contributed by atoms with van der Waals surface area (Å²) in [6.07, 6.45) is 6.03. The van der Waals surface area contributed by atoms with Crippen molar-refractivity contribution in [3.8, 4) is 5.69 Å². The molecule has 172 valence electrons. The molecule has 3 heterocycles. The summed E-state index contributed by atoms with van der Waals surface area (Å²) in [7, 11) is 0. The Balaban J connectivity index is 1.53. The zero-order chi connectivity index (χ0) is 23.5. The predicted octanol–water partition coefficient (Wildman–Crippen LogP) is 6.03. The van der Waals surface area contributed by atoms with Gasteiger partial charge in [0.2, 0.25) is 0 Å². The molecule has 0 saturated carbocycles. The van der Waals surface area contributed by atoms with Crippen molar-refractivity contribution in [1.82, 2.24) is 14.5 Å². The summed E-state index contributed by atoms with van der Waals surface area (Å²) >= 11 is 6.08. The normalized spacial score (nSPS) is 15.4. The second-order valence-corrected chi connectivity index (χ2v) is 8.86. The van der Waals surface area contributed by atoms with E-state index in [1.807, 2.05) is 48.5 Å². The molecule has 0 amide bonds. The van der Waals surface area contributed by atoms with Crippen LogP contribution in [0.5, 0.6) is 0 Å².